The molecule has 10 nitrogen and oxygen atoms in total. The molecule has 0 radical (unpaired) electrons. The number of rotatable bonds is 11. The highest BCUT2D eigenvalue weighted by Crippen LogP contribution is 2.36. The Morgan fingerprint density at radius 2 is 1.74 bits per heavy atom. The van der Waals surface area contributed by atoms with Crippen LogP contribution in [0.25, 0.3) is 6.08 Å². The highest BCUT2D eigenvalue weighted by molar-refractivity contribution is 7.07. The summed E-state index contributed by atoms with van der Waals surface area (Å²) in [5.41, 5.74) is 1.63. The van der Waals surface area contributed by atoms with Crippen LogP contribution in [0.5, 0.6) is 23.0 Å². The van der Waals surface area contributed by atoms with Crippen LogP contribution < -0.4 is 33.8 Å². The zero-order valence-electron chi connectivity index (χ0n) is 24.5. The Bertz CT molecular complexity index is 1700. The molecule has 0 spiro atoms. The molecule has 1 aliphatic heterocycles. The van der Waals surface area contributed by atoms with Gasteiger partial charge in [0.2, 0.25) is 0 Å². The highest BCUT2D eigenvalue weighted by Gasteiger charge is 2.34. The number of methoxy groups -OCH3 is 2. The first-order valence-electron chi connectivity index (χ1n) is 13.6. The van der Waals surface area contributed by atoms with Gasteiger partial charge in [0.05, 0.1) is 49.3 Å². The van der Waals surface area contributed by atoms with Crippen molar-refractivity contribution in [1.29, 1.82) is 0 Å². The van der Waals surface area contributed by atoms with E-state index in [1.165, 1.54) is 29.9 Å². The first kappa shape index (κ1) is 30.6. The molecule has 0 saturated carbocycles. The van der Waals surface area contributed by atoms with Crippen molar-refractivity contribution < 1.29 is 33.3 Å². The van der Waals surface area contributed by atoms with Crippen LogP contribution in [0.15, 0.2) is 57.5 Å². The average molecular weight is 595 g/mol. The molecule has 2 aromatic carbocycles. The number of unbranched alkanes of at least 4 members (excludes halogenated alkanes) is 1. The van der Waals surface area contributed by atoms with Gasteiger partial charge in [-0.15, -0.1) is 0 Å². The molecule has 222 valence electrons. The van der Waals surface area contributed by atoms with Gasteiger partial charge in [-0.1, -0.05) is 36.8 Å². The molecule has 0 aliphatic carbocycles. The minimum absolute atomic E-state index is 0.154. The molecular weight excluding hydrogens is 560 g/mol. The van der Waals surface area contributed by atoms with Gasteiger partial charge in [-0.2, -0.15) is 0 Å². The Kier molecular flexibility index (Phi) is 9.84. The van der Waals surface area contributed by atoms with Crippen molar-refractivity contribution in [2.45, 2.75) is 46.6 Å². The number of hydrogen-bond donors (Lipinski definition) is 0. The van der Waals surface area contributed by atoms with Gasteiger partial charge in [0, 0.05) is 6.92 Å². The summed E-state index contributed by atoms with van der Waals surface area (Å²) in [4.78, 5) is 43.8. The smallest absolute Gasteiger partial charge is 0.338 e. The molecule has 0 bridgehead atoms. The fraction of sp³-hybridized carbons (Fsp3) is 0.355. The monoisotopic (exact) mass is 594 g/mol. The minimum Gasteiger partial charge on any atom is -0.493 e. The predicted molar refractivity (Wildman–Crippen MR) is 158 cm³/mol. The van der Waals surface area contributed by atoms with E-state index in [4.69, 9.17) is 23.7 Å². The van der Waals surface area contributed by atoms with Crippen LogP contribution >= 0.6 is 11.3 Å². The number of carbonyl (C=O) groups is 2. The van der Waals surface area contributed by atoms with Gasteiger partial charge in [-0.3, -0.25) is 14.2 Å². The third-order valence-electron chi connectivity index (χ3n) is 6.52. The summed E-state index contributed by atoms with van der Waals surface area (Å²) in [6, 6.07) is 9.52. The second-order valence-corrected chi connectivity index (χ2v) is 10.4. The summed E-state index contributed by atoms with van der Waals surface area (Å²) < 4.78 is 29.3. The minimum atomic E-state index is -0.855. The Labute approximate surface area is 247 Å². The maximum atomic E-state index is 13.9. The van der Waals surface area contributed by atoms with Crippen molar-refractivity contribution in [3.8, 4) is 23.0 Å². The summed E-state index contributed by atoms with van der Waals surface area (Å²) in [6.45, 7) is 7.54. The van der Waals surface area contributed by atoms with Gasteiger partial charge in [0.25, 0.3) is 5.56 Å². The number of allylic oxidation sites excluding steroid dienone is 1. The largest absolute Gasteiger partial charge is 0.493 e. The van der Waals surface area contributed by atoms with Crippen molar-refractivity contribution in [2.75, 3.05) is 27.4 Å². The molecule has 42 heavy (non-hydrogen) atoms. The zero-order valence-corrected chi connectivity index (χ0v) is 25.3. The van der Waals surface area contributed by atoms with Gasteiger partial charge in [-0.05, 0) is 61.7 Å². The van der Waals surface area contributed by atoms with Gasteiger partial charge in [0.1, 0.15) is 0 Å². The first-order chi connectivity index (χ1) is 20.2. The Hall–Kier alpha value is -4.38. The van der Waals surface area contributed by atoms with E-state index >= 15 is 0 Å². The topological polar surface area (TPSA) is 115 Å². The van der Waals surface area contributed by atoms with Crippen molar-refractivity contribution in [2.24, 2.45) is 4.99 Å². The maximum Gasteiger partial charge on any atom is 0.338 e. The summed E-state index contributed by atoms with van der Waals surface area (Å²) in [5.74, 6) is 0.599. The van der Waals surface area contributed by atoms with E-state index in [-0.39, 0.29) is 29.2 Å². The molecular formula is C31H34N2O8S. The summed E-state index contributed by atoms with van der Waals surface area (Å²) in [5, 5.41) is 0. The number of nitrogens with zero attached hydrogens (tertiary/aromatic N) is 2. The number of benzene rings is 2. The SMILES string of the molecule is CCCCOc1ccc(/C=c2\sc3n(c2=O)[C@@H](c2ccc(OC(C)=O)c(OC)c2)C(C(=O)OCC)=C(C)N=3)cc1OC. The van der Waals surface area contributed by atoms with Crippen LogP contribution in [0.3, 0.4) is 0 Å². The molecule has 1 atom stereocenters. The maximum absolute atomic E-state index is 13.9. The highest BCUT2D eigenvalue weighted by atomic mass is 32.1. The number of aromatic nitrogens is 1. The standard InChI is InChI=1S/C31H34N2O8S/c1-7-9-14-40-22-12-10-20(15-24(22)37-5)16-26-29(35)33-28(21-11-13-23(41-19(4)34)25(17-21)38-6)27(30(36)39-8-2)18(3)32-31(33)42-26/h10-13,15-17,28H,7-9,14H2,1-6H3/b26-16-/t28-/m0/s1. The molecule has 11 heteroatoms. The molecule has 1 aliphatic rings. The van der Waals surface area contributed by atoms with Gasteiger partial charge >= 0.3 is 11.9 Å². The molecule has 0 fully saturated rings. The Morgan fingerprint density at radius 3 is 2.40 bits per heavy atom. The molecule has 2 heterocycles. The van der Waals surface area contributed by atoms with E-state index in [2.05, 4.69) is 11.9 Å². The fourth-order valence-electron chi connectivity index (χ4n) is 4.57. The van der Waals surface area contributed by atoms with Crippen molar-refractivity contribution in [3.63, 3.8) is 0 Å². The van der Waals surface area contributed by atoms with Crippen molar-refractivity contribution >= 4 is 29.4 Å². The van der Waals surface area contributed by atoms with Crippen LogP contribution in [0.2, 0.25) is 0 Å². The number of hydrogen-bond acceptors (Lipinski definition) is 10. The second-order valence-electron chi connectivity index (χ2n) is 9.42. The Balaban J connectivity index is 1.86. The molecule has 3 aromatic rings. The van der Waals surface area contributed by atoms with E-state index in [1.807, 2.05) is 18.2 Å². The lowest BCUT2D eigenvalue weighted by molar-refractivity contribution is -0.139. The molecule has 0 amide bonds. The van der Waals surface area contributed by atoms with E-state index < -0.39 is 18.0 Å². The summed E-state index contributed by atoms with van der Waals surface area (Å²) in [7, 11) is 3.01. The van der Waals surface area contributed by atoms with E-state index in [9.17, 15) is 14.4 Å². The lowest BCUT2D eigenvalue weighted by Gasteiger charge is -2.25. The zero-order chi connectivity index (χ0) is 30.4. The number of thiazole rings is 1. The molecule has 0 N–H and O–H groups in total. The van der Waals surface area contributed by atoms with Crippen LogP contribution in [-0.4, -0.2) is 43.9 Å². The quantitative estimate of drug-likeness (QED) is 0.187. The van der Waals surface area contributed by atoms with Gasteiger partial charge < -0.3 is 23.7 Å². The second kappa shape index (κ2) is 13.5. The van der Waals surface area contributed by atoms with Gasteiger partial charge in [0.15, 0.2) is 27.8 Å². The van der Waals surface area contributed by atoms with Crippen LogP contribution in [0.4, 0.5) is 0 Å². The fourth-order valence-corrected chi connectivity index (χ4v) is 5.62. The summed E-state index contributed by atoms with van der Waals surface area (Å²) in [6.07, 6.45) is 3.70. The normalized spacial score (nSPS) is 14.6. The van der Waals surface area contributed by atoms with Crippen molar-refractivity contribution in [1.82, 2.24) is 4.57 Å². The number of esters is 2. The molecule has 4 rings (SSSR count). The Morgan fingerprint density at radius 1 is 1.02 bits per heavy atom. The molecule has 0 saturated heterocycles. The van der Waals surface area contributed by atoms with Crippen LogP contribution in [0.1, 0.15) is 57.7 Å². The van der Waals surface area contributed by atoms with Crippen LogP contribution in [0, 0.1) is 0 Å². The predicted octanol–water partition coefficient (Wildman–Crippen LogP) is 3.92. The van der Waals surface area contributed by atoms with E-state index in [0.29, 0.717) is 38.7 Å². The summed E-state index contributed by atoms with van der Waals surface area (Å²) >= 11 is 1.21. The third kappa shape index (κ3) is 6.41. The number of fused-ring (bicyclic) bond motifs is 1. The lowest BCUT2D eigenvalue weighted by Crippen LogP contribution is -2.40. The lowest BCUT2D eigenvalue weighted by atomic mass is 9.95. The number of carbonyl (C=O) groups excluding carboxylic acids is 2. The number of ether oxygens (including phenoxy) is 5. The van der Waals surface area contributed by atoms with Crippen molar-refractivity contribution in [3.05, 3.63) is 78.5 Å². The van der Waals surface area contributed by atoms with Gasteiger partial charge in [-0.25, -0.2) is 9.79 Å². The third-order valence-corrected chi connectivity index (χ3v) is 7.50. The molecule has 0 unspecified atom stereocenters. The van der Waals surface area contributed by atoms with E-state index in [1.54, 1.807) is 45.2 Å². The van der Waals surface area contributed by atoms with Crippen LogP contribution in [-0.2, 0) is 14.3 Å². The average Bonchev–Trinajstić information content (AvgIpc) is 3.26. The first-order valence-corrected chi connectivity index (χ1v) is 14.4. The van der Waals surface area contributed by atoms with E-state index in [0.717, 1.165) is 18.4 Å². The molecule has 1 aromatic heterocycles.